The van der Waals surface area contributed by atoms with Crippen LogP contribution in [-0.4, -0.2) is 41.7 Å². The lowest BCUT2D eigenvalue weighted by molar-refractivity contribution is -0.117. The molecule has 0 aliphatic carbocycles. The number of aliphatic hydroxyl groups is 1. The van der Waals surface area contributed by atoms with E-state index in [1.165, 1.54) is 0 Å². The van der Waals surface area contributed by atoms with Gasteiger partial charge in [0, 0.05) is 10.5 Å². The average Bonchev–Trinajstić information content (AvgIpc) is 2.79. The van der Waals surface area contributed by atoms with Gasteiger partial charge < -0.3 is 10.4 Å². The summed E-state index contributed by atoms with van der Waals surface area (Å²) < 4.78 is 0.874. The van der Waals surface area contributed by atoms with Gasteiger partial charge in [-0.25, -0.2) is 0 Å². The van der Waals surface area contributed by atoms with Crippen molar-refractivity contribution in [3.05, 3.63) is 28.7 Å². The van der Waals surface area contributed by atoms with Gasteiger partial charge in [0.25, 0.3) is 0 Å². The van der Waals surface area contributed by atoms with Gasteiger partial charge in [-0.1, -0.05) is 12.1 Å². The van der Waals surface area contributed by atoms with Gasteiger partial charge >= 0.3 is 0 Å². The van der Waals surface area contributed by atoms with E-state index in [2.05, 4.69) is 21.2 Å². The van der Waals surface area contributed by atoms with Crippen LogP contribution in [-0.2, 0) is 4.79 Å². The lowest BCUT2D eigenvalue weighted by Crippen LogP contribution is -2.38. The van der Waals surface area contributed by atoms with Crippen LogP contribution in [0.15, 0.2) is 28.7 Å². The molecule has 1 fully saturated rings. The molecule has 1 aliphatic rings. The van der Waals surface area contributed by atoms with E-state index in [9.17, 15) is 9.90 Å². The van der Waals surface area contributed by atoms with Crippen LogP contribution in [0, 0.1) is 0 Å². The minimum Gasteiger partial charge on any atom is -0.395 e. The van der Waals surface area contributed by atoms with E-state index in [-0.39, 0.29) is 18.6 Å². The summed E-state index contributed by atoms with van der Waals surface area (Å²) in [5.41, 5.74) is 0.780. The highest BCUT2D eigenvalue weighted by Crippen LogP contribution is 2.21. The van der Waals surface area contributed by atoms with Crippen molar-refractivity contribution in [2.75, 3.05) is 25.0 Å². The van der Waals surface area contributed by atoms with Gasteiger partial charge in [-0.05, 0) is 47.4 Å². The predicted octanol–water partition coefficient (Wildman–Crippen LogP) is 1.84. The summed E-state index contributed by atoms with van der Waals surface area (Å²) in [5.74, 6) is -0.0396. The summed E-state index contributed by atoms with van der Waals surface area (Å²) in [7, 11) is 0. The molecule has 1 amide bonds. The molecule has 0 spiro atoms. The standard InChI is InChI=1S/C13H17BrN2O2/c14-11-5-1-2-6-12(11)15-13(18)8-16-7-3-4-10(16)9-17/h1-2,5-6,10,17H,3-4,7-9H2,(H,15,18). The van der Waals surface area contributed by atoms with Crippen molar-refractivity contribution in [2.45, 2.75) is 18.9 Å². The number of carbonyl (C=O) groups is 1. The van der Waals surface area contributed by atoms with E-state index >= 15 is 0 Å². The molecule has 2 N–H and O–H groups in total. The summed E-state index contributed by atoms with van der Waals surface area (Å²) in [6.07, 6.45) is 2.02. The number of para-hydroxylation sites is 1. The lowest BCUT2D eigenvalue weighted by Gasteiger charge is -2.21. The molecule has 18 heavy (non-hydrogen) atoms. The normalized spacial score (nSPS) is 20.0. The molecule has 98 valence electrons. The molecule has 1 heterocycles. The largest absolute Gasteiger partial charge is 0.395 e. The Morgan fingerprint density at radius 3 is 3.00 bits per heavy atom. The molecule has 1 saturated heterocycles. The first-order valence-corrected chi connectivity index (χ1v) is 6.89. The first-order chi connectivity index (χ1) is 8.70. The van der Waals surface area contributed by atoms with Crippen molar-refractivity contribution in [3.63, 3.8) is 0 Å². The molecular weight excluding hydrogens is 296 g/mol. The maximum absolute atomic E-state index is 11.9. The van der Waals surface area contributed by atoms with Crippen LogP contribution < -0.4 is 5.32 Å². The molecule has 0 bridgehead atoms. The van der Waals surface area contributed by atoms with E-state index in [4.69, 9.17) is 0 Å². The van der Waals surface area contributed by atoms with Gasteiger partial charge in [0.2, 0.25) is 5.91 Å². The Balaban J connectivity index is 1.91. The van der Waals surface area contributed by atoms with Crippen molar-refractivity contribution in [3.8, 4) is 0 Å². The van der Waals surface area contributed by atoms with Crippen molar-refractivity contribution in [2.24, 2.45) is 0 Å². The Kier molecular flexibility index (Phi) is 4.74. The number of amides is 1. The van der Waals surface area contributed by atoms with Crippen LogP contribution in [0.5, 0.6) is 0 Å². The predicted molar refractivity (Wildman–Crippen MR) is 74.5 cm³/mol. The number of hydrogen-bond donors (Lipinski definition) is 2. The zero-order valence-corrected chi connectivity index (χ0v) is 11.7. The van der Waals surface area contributed by atoms with Crippen LogP contribution in [0.3, 0.4) is 0 Å². The molecule has 0 radical (unpaired) electrons. The molecule has 1 atom stereocenters. The Bertz CT molecular complexity index is 425. The fourth-order valence-electron chi connectivity index (χ4n) is 2.25. The zero-order valence-electron chi connectivity index (χ0n) is 10.1. The number of hydrogen-bond acceptors (Lipinski definition) is 3. The smallest absolute Gasteiger partial charge is 0.238 e. The number of halogens is 1. The molecular formula is C13H17BrN2O2. The minimum atomic E-state index is -0.0396. The molecule has 2 rings (SSSR count). The van der Waals surface area contributed by atoms with Crippen molar-refractivity contribution in [1.29, 1.82) is 0 Å². The third-order valence-corrected chi connectivity index (χ3v) is 3.90. The molecule has 1 aromatic rings. The number of nitrogens with zero attached hydrogens (tertiary/aromatic N) is 1. The Morgan fingerprint density at radius 1 is 1.50 bits per heavy atom. The van der Waals surface area contributed by atoms with Crippen LogP contribution in [0.25, 0.3) is 0 Å². The number of nitrogens with one attached hydrogen (secondary N) is 1. The summed E-state index contributed by atoms with van der Waals surface area (Å²) in [4.78, 5) is 14.0. The Labute approximate surface area is 115 Å². The summed E-state index contributed by atoms with van der Waals surface area (Å²) >= 11 is 3.39. The van der Waals surface area contributed by atoms with Crippen LogP contribution >= 0.6 is 15.9 Å². The number of carbonyl (C=O) groups excluding carboxylic acids is 1. The van der Waals surface area contributed by atoms with E-state index in [0.717, 1.165) is 29.5 Å². The second-order valence-corrected chi connectivity index (χ2v) is 5.33. The second-order valence-electron chi connectivity index (χ2n) is 4.48. The highest BCUT2D eigenvalue weighted by Gasteiger charge is 2.25. The van der Waals surface area contributed by atoms with E-state index in [1.54, 1.807) is 0 Å². The first kappa shape index (κ1) is 13.5. The van der Waals surface area contributed by atoms with Gasteiger partial charge in [0.05, 0.1) is 18.8 Å². The third-order valence-electron chi connectivity index (χ3n) is 3.20. The van der Waals surface area contributed by atoms with Gasteiger partial charge in [0.1, 0.15) is 0 Å². The number of anilines is 1. The molecule has 1 aromatic carbocycles. The zero-order chi connectivity index (χ0) is 13.0. The number of likely N-dealkylation sites (tertiary alicyclic amines) is 1. The second kappa shape index (κ2) is 6.31. The molecule has 1 aliphatic heterocycles. The first-order valence-electron chi connectivity index (χ1n) is 6.10. The molecule has 5 heteroatoms. The summed E-state index contributed by atoms with van der Waals surface area (Å²) in [5, 5.41) is 12.1. The Morgan fingerprint density at radius 2 is 2.28 bits per heavy atom. The number of rotatable bonds is 4. The highest BCUT2D eigenvalue weighted by atomic mass is 79.9. The maximum Gasteiger partial charge on any atom is 0.238 e. The van der Waals surface area contributed by atoms with Crippen LogP contribution in [0.1, 0.15) is 12.8 Å². The van der Waals surface area contributed by atoms with E-state index in [1.807, 2.05) is 29.2 Å². The summed E-state index contributed by atoms with van der Waals surface area (Å²) in [6.45, 7) is 1.35. The molecule has 0 saturated carbocycles. The third kappa shape index (κ3) is 3.31. The van der Waals surface area contributed by atoms with Gasteiger partial charge in [-0.15, -0.1) is 0 Å². The summed E-state index contributed by atoms with van der Waals surface area (Å²) in [6, 6.07) is 7.67. The average molecular weight is 313 g/mol. The fourth-order valence-corrected chi connectivity index (χ4v) is 2.63. The van der Waals surface area contributed by atoms with Gasteiger partial charge in [-0.2, -0.15) is 0 Å². The van der Waals surface area contributed by atoms with E-state index in [0.29, 0.717) is 6.54 Å². The Hall–Kier alpha value is -0.910. The monoisotopic (exact) mass is 312 g/mol. The van der Waals surface area contributed by atoms with E-state index < -0.39 is 0 Å². The van der Waals surface area contributed by atoms with Crippen molar-refractivity contribution >= 4 is 27.5 Å². The maximum atomic E-state index is 11.9. The quantitative estimate of drug-likeness (QED) is 0.892. The number of benzene rings is 1. The van der Waals surface area contributed by atoms with Crippen molar-refractivity contribution < 1.29 is 9.90 Å². The fraction of sp³-hybridized carbons (Fsp3) is 0.462. The molecule has 1 unspecified atom stereocenters. The molecule has 4 nitrogen and oxygen atoms in total. The number of aliphatic hydroxyl groups excluding tert-OH is 1. The van der Waals surface area contributed by atoms with Crippen molar-refractivity contribution in [1.82, 2.24) is 4.90 Å². The van der Waals surface area contributed by atoms with Crippen LogP contribution in [0.4, 0.5) is 5.69 Å². The van der Waals surface area contributed by atoms with Gasteiger partial charge in [-0.3, -0.25) is 9.69 Å². The minimum absolute atomic E-state index is 0.0396. The highest BCUT2D eigenvalue weighted by molar-refractivity contribution is 9.10. The SMILES string of the molecule is O=C(CN1CCCC1CO)Nc1ccccc1Br. The van der Waals surface area contributed by atoms with Gasteiger partial charge in [0.15, 0.2) is 0 Å². The lowest BCUT2D eigenvalue weighted by atomic mass is 10.2. The van der Waals surface area contributed by atoms with Crippen LogP contribution in [0.2, 0.25) is 0 Å². The topological polar surface area (TPSA) is 52.6 Å². The molecule has 0 aromatic heterocycles.